The fraction of sp³-hybridized carbons (Fsp3) is 0.421. The number of hydrogen-bond donors (Lipinski definition) is 1. The molecule has 4 rings (SSSR count). The number of thioether (sulfide) groups is 1. The summed E-state index contributed by atoms with van der Waals surface area (Å²) in [5.41, 5.74) is 6.58. The zero-order chi connectivity index (χ0) is 18.5. The van der Waals surface area contributed by atoms with Crippen molar-refractivity contribution in [3.8, 4) is 11.8 Å². The van der Waals surface area contributed by atoms with Crippen LogP contribution in [-0.4, -0.2) is 24.2 Å². The number of methoxy groups -OCH3 is 1. The number of nitriles is 1. The third-order valence-electron chi connectivity index (χ3n) is 5.78. The summed E-state index contributed by atoms with van der Waals surface area (Å²) in [5, 5.41) is 9.52. The Balaban J connectivity index is 1.78. The molecule has 2 N–H and O–H groups in total. The molecule has 1 saturated carbocycles. The van der Waals surface area contributed by atoms with Crippen LogP contribution in [0.1, 0.15) is 25.7 Å². The van der Waals surface area contributed by atoms with Gasteiger partial charge < -0.3 is 10.5 Å². The molecule has 1 aromatic carbocycles. The Bertz CT molecular complexity index is 850. The summed E-state index contributed by atoms with van der Waals surface area (Å²) < 4.78 is 5.15. The van der Waals surface area contributed by atoms with Gasteiger partial charge in [0, 0.05) is 5.41 Å². The second kappa shape index (κ2) is 6.06. The zero-order valence-electron chi connectivity index (χ0n) is 14.4. The van der Waals surface area contributed by atoms with Gasteiger partial charge in [0.2, 0.25) is 11.8 Å². The maximum Gasteiger partial charge on any atom is 0.248 e. The van der Waals surface area contributed by atoms with E-state index in [1.807, 2.05) is 0 Å². The van der Waals surface area contributed by atoms with Crippen molar-refractivity contribution in [3.63, 3.8) is 0 Å². The highest BCUT2D eigenvalue weighted by atomic mass is 32.2. The van der Waals surface area contributed by atoms with Gasteiger partial charge in [-0.3, -0.25) is 9.59 Å². The average molecular weight is 369 g/mol. The first-order valence-corrected chi connectivity index (χ1v) is 9.50. The lowest BCUT2D eigenvalue weighted by Crippen LogP contribution is -2.43. The van der Waals surface area contributed by atoms with Crippen LogP contribution >= 0.6 is 11.8 Å². The smallest absolute Gasteiger partial charge is 0.248 e. The van der Waals surface area contributed by atoms with Crippen LogP contribution in [0.4, 0.5) is 5.69 Å². The van der Waals surface area contributed by atoms with Crippen molar-refractivity contribution in [2.45, 2.75) is 30.9 Å². The van der Waals surface area contributed by atoms with E-state index >= 15 is 0 Å². The molecule has 3 aliphatic rings. The highest BCUT2D eigenvalue weighted by molar-refractivity contribution is 8.04. The largest absolute Gasteiger partial charge is 0.497 e. The Morgan fingerprint density at radius 1 is 1.23 bits per heavy atom. The second-order valence-electron chi connectivity index (χ2n) is 6.94. The predicted molar refractivity (Wildman–Crippen MR) is 98.1 cm³/mol. The van der Waals surface area contributed by atoms with Gasteiger partial charge in [-0.05, 0) is 37.1 Å². The van der Waals surface area contributed by atoms with Gasteiger partial charge in [-0.15, -0.1) is 0 Å². The van der Waals surface area contributed by atoms with E-state index < -0.39 is 16.6 Å². The van der Waals surface area contributed by atoms with Crippen molar-refractivity contribution in [2.75, 3.05) is 12.0 Å². The number of benzene rings is 1. The van der Waals surface area contributed by atoms with Crippen molar-refractivity contribution in [1.29, 1.82) is 5.26 Å². The molecule has 2 amide bonds. The molecule has 2 aliphatic heterocycles. The van der Waals surface area contributed by atoms with Gasteiger partial charge in [0.25, 0.3) is 0 Å². The number of hydrogen-bond acceptors (Lipinski definition) is 6. The fourth-order valence-corrected chi connectivity index (χ4v) is 5.97. The molecule has 0 unspecified atom stereocenters. The topological polar surface area (TPSA) is 96.4 Å². The lowest BCUT2D eigenvalue weighted by Gasteiger charge is -2.39. The van der Waals surface area contributed by atoms with E-state index in [-0.39, 0.29) is 11.8 Å². The normalized spacial score (nSPS) is 27.0. The Hall–Kier alpha value is -2.46. The number of nitrogens with two attached hydrogens (primary N) is 1. The summed E-state index contributed by atoms with van der Waals surface area (Å²) in [6.07, 6.45) is 3.34. The molecule has 2 heterocycles. The van der Waals surface area contributed by atoms with E-state index in [1.54, 1.807) is 31.4 Å². The fourth-order valence-electron chi connectivity index (χ4n) is 4.61. The zero-order valence-corrected chi connectivity index (χ0v) is 15.2. The van der Waals surface area contributed by atoms with E-state index in [0.29, 0.717) is 22.0 Å². The Morgan fingerprint density at radius 2 is 1.88 bits per heavy atom. The van der Waals surface area contributed by atoms with Crippen LogP contribution < -0.4 is 15.4 Å². The number of allylic oxidation sites excluding steroid dienone is 1. The quantitative estimate of drug-likeness (QED) is 0.805. The molecule has 6 nitrogen and oxygen atoms in total. The van der Waals surface area contributed by atoms with Crippen LogP contribution in [-0.2, 0) is 9.59 Å². The minimum Gasteiger partial charge on any atom is -0.497 e. The summed E-state index contributed by atoms with van der Waals surface area (Å²) in [5.74, 6) is -0.336. The van der Waals surface area contributed by atoms with Crippen LogP contribution in [0.15, 0.2) is 34.9 Å². The molecule has 0 bridgehead atoms. The number of amides is 2. The molecule has 0 aromatic heterocycles. The van der Waals surface area contributed by atoms with Gasteiger partial charge in [0.15, 0.2) is 0 Å². The van der Waals surface area contributed by atoms with Crippen molar-refractivity contribution in [3.05, 3.63) is 34.9 Å². The highest BCUT2D eigenvalue weighted by Gasteiger charge is 2.62. The first-order chi connectivity index (χ1) is 12.5. The maximum absolute atomic E-state index is 13.3. The third-order valence-corrected chi connectivity index (χ3v) is 6.97. The molecule has 134 valence electrons. The molecule has 7 heteroatoms. The molecular weight excluding hydrogens is 350 g/mol. The van der Waals surface area contributed by atoms with Crippen LogP contribution in [0.5, 0.6) is 5.75 Å². The molecule has 2 fully saturated rings. The van der Waals surface area contributed by atoms with Crippen LogP contribution in [0.2, 0.25) is 0 Å². The summed E-state index contributed by atoms with van der Waals surface area (Å²) >= 11 is 1.17. The number of carbonyl (C=O) groups is 2. The van der Waals surface area contributed by atoms with Crippen LogP contribution in [0, 0.1) is 22.7 Å². The maximum atomic E-state index is 13.3. The summed E-state index contributed by atoms with van der Waals surface area (Å²) in [6, 6.07) is 9.11. The minimum absolute atomic E-state index is 0.222. The van der Waals surface area contributed by atoms with Gasteiger partial charge in [-0.2, -0.15) is 5.26 Å². The van der Waals surface area contributed by atoms with Crippen molar-refractivity contribution in [1.82, 2.24) is 0 Å². The Labute approximate surface area is 156 Å². The SMILES string of the molecule is COc1ccc(N2C(=O)[C@@H]3SC(N)=C(C#N)C4(CCCC4)[C@H]3C2=O)cc1. The number of imide groups is 1. The number of ether oxygens (including phenoxy) is 1. The summed E-state index contributed by atoms with van der Waals surface area (Å²) in [4.78, 5) is 27.7. The van der Waals surface area contributed by atoms with E-state index in [0.717, 1.165) is 25.7 Å². The van der Waals surface area contributed by atoms with Crippen LogP contribution in [0.3, 0.4) is 0 Å². The lowest BCUT2D eigenvalue weighted by atomic mass is 9.67. The number of nitrogens with zero attached hydrogens (tertiary/aromatic N) is 2. The number of carbonyl (C=O) groups excluding carboxylic acids is 2. The van der Waals surface area contributed by atoms with E-state index in [1.165, 1.54) is 16.7 Å². The van der Waals surface area contributed by atoms with Gasteiger partial charge in [-0.25, -0.2) is 4.90 Å². The number of rotatable bonds is 2. The summed E-state index contributed by atoms with van der Waals surface area (Å²) in [6.45, 7) is 0. The minimum atomic E-state index is -0.595. The monoisotopic (exact) mass is 369 g/mol. The Morgan fingerprint density at radius 3 is 2.46 bits per heavy atom. The average Bonchev–Trinajstić information content (AvgIpc) is 3.20. The first-order valence-electron chi connectivity index (χ1n) is 8.62. The summed E-state index contributed by atoms with van der Waals surface area (Å²) in [7, 11) is 1.56. The molecule has 1 saturated heterocycles. The number of fused-ring (bicyclic) bond motifs is 2. The molecule has 1 aliphatic carbocycles. The van der Waals surface area contributed by atoms with Crippen molar-refractivity contribution < 1.29 is 14.3 Å². The van der Waals surface area contributed by atoms with Gasteiger partial charge in [0.05, 0.1) is 35.4 Å². The van der Waals surface area contributed by atoms with E-state index in [2.05, 4.69) is 6.07 Å². The predicted octanol–water partition coefficient (Wildman–Crippen LogP) is 2.55. The third kappa shape index (κ3) is 2.18. The first kappa shape index (κ1) is 17.0. The standard InChI is InChI=1S/C19H19N3O3S/c1-25-12-6-4-11(5-7-12)22-17(23)14-15(18(22)24)26-16(21)13(10-20)19(14)8-2-3-9-19/h4-7,14-15H,2-3,8-9,21H2,1H3/t14-,15-/m1/s1. The van der Waals surface area contributed by atoms with E-state index in [9.17, 15) is 14.9 Å². The van der Waals surface area contributed by atoms with E-state index in [4.69, 9.17) is 10.5 Å². The highest BCUT2D eigenvalue weighted by Crippen LogP contribution is 2.60. The van der Waals surface area contributed by atoms with Crippen LogP contribution in [0.25, 0.3) is 0 Å². The molecule has 1 aromatic rings. The van der Waals surface area contributed by atoms with Gasteiger partial charge in [-0.1, -0.05) is 24.6 Å². The Kier molecular flexibility index (Phi) is 3.96. The molecule has 2 atom stereocenters. The molecule has 1 spiro atoms. The molecule has 0 radical (unpaired) electrons. The molecule has 26 heavy (non-hydrogen) atoms. The van der Waals surface area contributed by atoms with Crippen molar-refractivity contribution in [2.24, 2.45) is 17.1 Å². The van der Waals surface area contributed by atoms with Gasteiger partial charge in [0.1, 0.15) is 11.0 Å². The van der Waals surface area contributed by atoms with Crippen molar-refractivity contribution >= 4 is 29.3 Å². The van der Waals surface area contributed by atoms with Gasteiger partial charge >= 0.3 is 0 Å². The number of anilines is 1. The second-order valence-corrected chi connectivity index (χ2v) is 8.12. The molecular formula is C19H19N3O3S. The lowest BCUT2D eigenvalue weighted by molar-refractivity contribution is -0.123.